The van der Waals surface area contributed by atoms with E-state index in [4.69, 9.17) is 5.11 Å². The molecular weight excluding hydrogens is 504 g/mol. The van der Waals surface area contributed by atoms with Crippen LogP contribution >= 0.6 is 0 Å². The molecule has 2 amide bonds. The van der Waals surface area contributed by atoms with Crippen molar-refractivity contribution >= 4 is 42.9 Å². The monoisotopic (exact) mass is 549 g/mol. The maximum absolute atomic E-state index is 12.3. The lowest BCUT2D eigenvalue weighted by Crippen LogP contribution is -2.40. The Balaban J connectivity index is 2.01. The van der Waals surface area contributed by atoms with Crippen molar-refractivity contribution in [3.8, 4) is 0 Å². The summed E-state index contributed by atoms with van der Waals surface area (Å²) >= 11 is 0. The summed E-state index contributed by atoms with van der Waals surface area (Å²) in [5, 5.41) is 54.8. The molecule has 0 aliphatic heterocycles. The highest BCUT2D eigenvalue weighted by molar-refractivity contribution is 6.62. The molecule has 0 radical (unpaired) electrons. The summed E-state index contributed by atoms with van der Waals surface area (Å²) in [6.45, 7) is 1.05. The van der Waals surface area contributed by atoms with Crippen molar-refractivity contribution in [1.82, 2.24) is 16.0 Å². The zero-order chi connectivity index (χ0) is 29.0. The number of carboxylic acids is 1. The number of hydrogen-bond acceptors (Lipinski definition) is 8. The van der Waals surface area contributed by atoms with E-state index in [1.165, 1.54) is 18.2 Å². The van der Waals surface area contributed by atoms with E-state index >= 15 is 0 Å². The number of hydrogen-bond donors (Lipinski definition) is 8. The minimum atomic E-state index is -1.82. The molecule has 1 rings (SSSR count). The second kappa shape index (κ2) is 20.5. The minimum absolute atomic E-state index is 0.0129. The molecule has 39 heavy (non-hydrogen) atoms. The number of rotatable bonds is 22. The zero-order valence-electron chi connectivity index (χ0n) is 23.0. The molecule has 1 atom stereocenters. The van der Waals surface area contributed by atoms with E-state index in [1.54, 1.807) is 7.05 Å². The van der Waals surface area contributed by atoms with Gasteiger partial charge in [-0.25, -0.2) is 0 Å². The molecule has 0 aliphatic carbocycles. The molecule has 0 saturated heterocycles. The van der Waals surface area contributed by atoms with Crippen LogP contribution in [0.3, 0.4) is 0 Å². The molecule has 0 bridgehead atoms. The Bertz CT molecular complexity index is 847. The van der Waals surface area contributed by atoms with Gasteiger partial charge < -0.3 is 41.2 Å². The number of carbonyl (C=O) groups excluding carboxylic acids is 2. The molecule has 0 fully saturated rings. The topological polar surface area (TPSA) is 188 Å². The van der Waals surface area contributed by atoms with Crippen molar-refractivity contribution in [2.24, 2.45) is 0 Å². The smallest absolute Gasteiger partial charge is 0.480 e. The van der Waals surface area contributed by atoms with Gasteiger partial charge >= 0.3 is 20.2 Å². The number of aliphatic carboxylic acids is 1. The van der Waals surface area contributed by atoms with Crippen molar-refractivity contribution in [3.63, 3.8) is 0 Å². The first-order valence-electron chi connectivity index (χ1n) is 14.0. The fourth-order valence-electron chi connectivity index (χ4n) is 4.24. The van der Waals surface area contributed by atoms with Gasteiger partial charge in [-0.3, -0.25) is 14.4 Å². The SMILES string of the molecule is CNC(CCCCNC(=O)CCCCCCCCCCCNC(=O)c1cc(B(O)O)cc(B(O)O)c1)C(=O)O. The van der Waals surface area contributed by atoms with Crippen LogP contribution in [0.4, 0.5) is 0 Å². The third-order valence-corrected chi connectivity index (χ3v) is 6.59. The summed E-state index contributed by atoms with van der Waals surface area (Å²) in [4.78, 5) is 35.2. The van der Waals surface area contributed by atoms with Crippen molar-refractivity contribution in [3.05, 3.63) is 23.8 Å². The van der Waals surface area contributed by atoms with Gasteiger partial charge in [-0.05, 0) is 62.2 Å². The molecule has 0 spiro atoms. The van der Waals surface area contributed by atoms with Crippen LogP contribution in [-0.2, 0) is 9.59 Å². The summed E-state index contributed by atoms with van der Waals surface area (Å²) in [7, 11) is -2.01. The summed E-state index contributed by atoms with van der Waals surface area (Å²) < 4.78 is 0. The lowest BCUT2D eigenvalue weighted by atomic mass is 9.72. The highest BCUT2D eigenvalue weighted by atomic mass is 16.4. The first kappa shape index (κ1) is 34.6. The molecule has 0 saturated carbocycles. The number of benzene rings is 1. The van der Waals surface area contributed by atoms with Crippen LogP contribution < -0.4 is 26.9 Å². The summed E-state index contributed by atoms with van der Waals surface area (Å²) in [5.41, 5.74) is 0.162. The average Bonchev–Trinajstić information content (AvgIpc) is 2.90. The predicted octanol–water partition coefficient (Wildman–Crippen LogP) is -0.364. The molecule has 0 aromatic heterocycles. The first-order valence-corrected chi connectivity index (χ1v) is 14.0. The third-order valence-electron chi connectivity index (χ3n) is 6.59. The molecule has 1 aromatic carbocycles. The average molecular weight is 549 g/mol. The number of amides is 2. The Morgan fingerprint density at radius 1 is 0.718 bits per heavy atom. The highest BCUT2D eigenvalue weighted by Gasteiger charge is 2.20. The van der Waals surface area contributed by atoms with Gasteiger partial charge in [-0.2, -0.15) is 0 Å². The fraction of sp³-hybridized carbons (Fsp3) is 0.654. The molecular formula is C26H45B2N3O8. The Morgan fingerprint density at radius 3 is 1.72 bits per heavy atom. The van der Waals surface area contributed by atoms with Crippen LogP contribution in [0.15, 0.2) is 18.2 Å². The standard InChI is InChI=1S/C26H45B2N3O8/c1-29-23(26(34)35)13-10-12-15-30-24(32)14-9-7-5-3-2-4-6-8-11-16-31-25(33)20-17-21(27(36)37)19-22(18-20)28(38)39/h17-19,23,29,36-39H,2-16H2,1H3,(H,30,32)(H,31,33)(H,34,35). The van der Waals surface area contributed by atoms with Crippen LogP contribution in [0.2, 0.25) is 0 Å². The maximum atomic E-state index is 12.3. The molecule has 1 unspecified atom stereocenters. The van der Waals surface area contributed by atoms with E-state index in [2.05, 4.69) is 16.0 Å². The van der Waals surface area contributed by atoms with E-state index in [1.807, 2.05) is 0 Å². The van der Waals surface area contributed by atoms with Gasteiger partial charge in [0, 0.05) is 25.1 Å². The van der Waals surface area contributed by atoms with Gasteiger partial charge in [-0.15, -0.1) is 0 Å². The third kappa shape index (κ3) is 15.7. The molecule has 13 heteroatoms. The van der Waals surface area contributed by atoms with Crippen molar-refractivity contribution in [2.45, 2.75) is 89.5 Å². The van der Waals surface area contributed by atoms with Crippen molar-refractivity contribution in [1.29, 1.82) is 0 Å². The van der Waals surface area contributed by atoms with Crippen LogP contribution in [0.5, 0.6) is 0 Å². The van der Waals surface area contributed by atoms with Crippen molar-refractivity contribution in [2.75, 3.05) is 20.1 Å². The molecule has 1 aromatic rings. The summed E-state index contributed by atoms with van der Waals surface area (Å²) in [6, 6.07) is 3.31. The summed E-state index contributed by atoms with van der Waals surface area (Å²) in [5.74, 6) is -1.21. The molecule has 8 N–H and O–H groups in total. The van der Waals surface area contributed by atoms with E-state index in [-0.39, 0.29) is 22.4 Å². The lowest BCUT2D eigenvalue weighted by Gasteiger charge is -2.10. The maximum Gasteiger partial charge on any atom is 0.488 e. The molecule has 11 nitrogen and oxygen atoms in total. The van der Waals surface area contributed by atoms with E-state index in [9.17, 15) is 34.5 Å². The van der Waals surface area contributed by atoms with Crippen LogP contribution in [-0.4, -0.2) is 83.4 Å². The zero-order valence-corrected chi connectivity index (χ0v) is 23.0. The van der Waals surface area contributed by atoms with Crippen LogP contribution in [0.25, 0.3) is 0 Å². The highest BCUT2D eigenvalue weighted by Crippen LogP contribution is 2.11. The molecule has 0 heterocycles. The number of likely N-dealkylation sites (N-methyl/N-ethyl adjacent to an activating group) is 1. The van der Waals surface area contributed by atoms with Crippen LogP contribution in [0, 0.1) is 0 Å². The lowest BCUT2D eigenvalue weighted by molar-refractivity contribution is -0.139. The quantitative estimate of drug-likeness (QED) is 0.0706. The Morgan fingerprint density at radius 2 is 1.21 bits per heavy atom. The van der Waals surface area contributed by atoms with Gasteiger partial charge in [0.15, 0.2) is 0 Å². The molecule has 0 aliphatic rings. The normalized spacial score (nSPS) is 11.6. The Kier molecular flexibility index (Phi) is 18.1. The minimum Gasteiger partial charge on any atom is -0.480 e. The largest absolute Gasteiger partial charge is 0.488 e. The number of unbranched alkanes of at least 4 members (excludes halogenated alkanes) is 9. The van der Waals surface area contributed by atoms with Crippen LogP contribution in [0.1, 0.15) is 93.8 Å². The van der Waals surface area contributed by atoms with E-state index in [0.717, 1.165) is 70.6 Å². The second-order valence-electron chi connectivity index (χ2n) is 9.85. The molecule has 218 valence electrons. The summed E-state index contributed by atoms with van der Waals surface area (Å²) in [6.07, 6.45) is 11.8. The number of carbonyl (C=O) groups is 3. The van der Waals surface area contributed by atoms with Gasteiger partial charge in [0.1, 0.15) is 6.04 Å². The fourth-order valence-corrected chi connectivity index (χ4v) is 4.24. The van der Waals surface area contributed by atoms with E-state index < -0.39 is 32.2 Å². The number of carboxylic acid groups (broad SMARTS) is 1. The Hall–Kier alpha value is -2.44. The first-order chi connectivity index (χ1) is 18.6. The van der Waals surface area contributed by atoms with E-state index in [0.29, 0.717) is 25.9 Å². The Labute approximate surface area is 232 Å². The van der Waals surface area contributed by atoms with Gasteiger partial charge in [0.25, 0.3) is 5.91 Å². The van der Waals surface area contributed by atoms with Gasteiger partial charge in [0.2, 0.25) is 5.91 Å². The van der Waals surface area contributed by atoms with Gasteiger partial charge in [0.05, 0.1) is 0 Å². The van der Waals surface area contributed by atoms with Crippen molar-refractivity contribution < 1.29 is 39.6 Å². The second-order valence-corrected chi connectivity index (χ2v) is 9.85. The number of nitrogens with one attached hydrogen (secondary N) is 3. The van der Waals surface area contributed by atoms with Gasteiger partial charge in [-0.1, -0.05) is 51.0 Å². The predicted molar refractivity (Wildman–Crippen MR) is 152 cm³/mol.